The van der Waals surface area contributed by atoms with E-state index in [4.69, 9.17) is 4.74 Å². The van der Waals surface area contributed by atoms with Crippen LogP contribution in [0.5, 0.6) is 0 Å². The molecule has 2 aromatic heterocycles. The van der Waals surface area contributed by atoms with Crippen LogP contribution in [0.15, 0.2) is 36.5 Å². The van der Waals surface area contributed by atoms with E-state index in [1.54, 1.807) is 17.8 Å². The first-order chi connectivity index (χ1) is 13.6. The molecule has 0 bridgehead atoms. The smallest absolute Gasteiger partial charge is 0.271 e. The zero-order valence-corrected chi connectivity index (χ0v) is 15.4. The van der Waals surface area contributed by atoms with Gasteiger partial charge < -0.3 is 20.4 Å². The van der Waals surface area contributed by atoms with Gasteiger partial charge in [-0.1, -0.05) is 12.1 Å². The maximum absolute atomic E-state index is 12.9. The van der Waals surface area contributed by atoms with Gasteiger partial charge in [0.25, 0.3) is 11.8 Å². The topological polar surface area (TPSA) is 101 Å². The summed E-state index contributed by atoms with van der Waals surface area (Å²) in [7, 11) is 1.55. The molecule has 3 N–H and O–H groups in total. The first-order valence-electron chi connectivity index (χ1n) is 9.38. The molecule has 3 heterocycles. The van der Waals surface area contributed by atoms with Gasteiger partial charge in [-0.2, -0.15) is 5.10 Å². The van der Waals surface area contributed by atoms with Crippen LogP contribution in [0.1, 0.15) is 26.5 Å². The molecule has 2 amide bonds. The van der Waals surface area contributed by atoms with Gasteiger partial charge in [-0.3, -0.25) is 14.3 Å². The average molecular weight is 379 g/mol. The molecule has 0 spiro atoms. The van der Waals surface area contributed by atoms with E-state index in [-0.39, 0.29) is 23.6 Å². The Labute approximate surface area is 161 Å². The van der Waals surface area contributed by atoms with Gasteiger partial charge in [0.15, 0.2) is 5.69 Å². The van der Waals surface area contributed by atoms with Crippen molar-refractivity contribution < 1.29 is 14.3 Å². The minimum Gasteiger partial charge on any atom is -0.381 e. The van der Waals surface area contributed by atoms with Crippen molar-refractivity contribution >= 4 is 22.7 Å². The summed E-state index contributed by atoms with van der Waals surface area (Å²) in [5.41, 5.74) is 2.63. The molecule has 3 aromatic rings. The Hall–Kier alpha value is -3.13. The molecular weight excluding hydrogens is 358 g/mol. The van der Waals surface area contributed by atoms with E-state index in [1.807, 2.05) is 30.5 Å². The lowest BCUT2D eigenvalue weighted by molar-refractivity contribution is 0.0917. The highest BCUT2D eigenvalue weighted by molar-refractivity contribution is 5.98. The number of rotatable bonds is 5. The summed E-state index contributed by atoms with van der Waals surface area (Å²) in [4.78, 5) is 28.1. The van der Waals surface area contributed by atoms with Crippen molar-refractivity contribution in [3.63, 3.8) is 0 Å². The summed E-state index contributed by atoms with van der Waals surface area (Å²) in [6, 6.07) is 9.77. The number of carbonyl (C=O) groups excluding carboxylic acids is 2. The Morgan fingerprint density at radius 1 is 1.21 bits per heavy atom. The largest absolute Gasteiger partial charge is 0.381 e. The Balaban J connectivity index is 1.42. The van der Waals surface area contributed by atoms with Crippen molar-refractivity contribution in [1.29, 1.82) is 0 Å². The van der Waals surface area contributed by atoms with Crippen LogP contribution < -0.4 is 10.6 Å². The van der Waals surface area contributed by atoms with E-state index >= 15 is 0 Å². The summed E-state index contributed by atoms with van der Waals surface area (Å²) >= 11 is 0. The highest BCUT2D eigenvalue weighted by atomic mass is 16.5. The fourth-order valence-corrected chi connectivity index (χ4v) is 4.00. The maximum Gasteiger partial charge on any atom is 0.271 e. The highest BCUT2D eigenvalue weighted by Gasteiger charge is 2.54. The molecule has 1 aliphatic carbocycles. The third kappa shape index (κ3) is 2.86. The number of H-pyrrole nitrogens is 1. The summed E-state index contributed by atoms with van der Waals surface area (Å²) in [6.07, 6.45) is 1.89. The van der Waals surface area contributed by atoms with E-state index < -0.39 is 0 Å². The SMILES string of the molecule is CNC(=O)c1cc(C(=O)NC2C3COCC32)n(Cc2ccc3cc[nH]c3c2)n1. The van der Waals surface area contributed by atoms with Crippen molar-refractivity contribution in [3.8, 4) is 0 Å². The average Bonchev–Trinajstić information content (AvgIpc) is 3.21. The monoisotopic (exact) mass is 379 g/mol. The second-order valence-electron chi connectivity index (χ2n) is 7.42. The normalized spacial score (nSPS) is 22.8. The molecule has 2 fully saturated rings. The van der Waals surface area contributed by atoms with Crippen molar-refractivity contribution in [2.75, 3.05) is 20.3 Å². The standard InChI is InChI=1S/C20H21N5O3/c1-21-19(26)16-7-17(20(27)23-18-13-9-28-10-14(13)18)25(24-16)8-11-2-3-12-4-5-22-15(12)6-11/h2-7,13-14,18,22H,8-10H2,1H3,(H,21,26)(H,23,27). The molecule has 8 heteroatoms. The lowest BCUT2D eigenvalue weighted by atomic mass is 10.1. The second-order valence-corrected chi connectivity index (χ2v) is 7.42. The minimum absolute atomic E-state index is 0.156. The van der Waals surface area contributed by atoms with Gasteiger partial charge in [0.2, 0.25) is 0 Å². The number of hydrogen-bond donors (Lipinski definition) is 3. The molecule has 5 rings (SSSR count). The Bertz CT molecular complexity index is 1060. The number of aromatic amines is 1. The van der Waals surface area contributed by atoms with Gasteiger partial charge in [0, 0.05) is 42.7 Å². The molecule has 0 radical (unpaired) electrons. The van der Waals surface area contributed by atoms with Crippen LogP contribution in [0.4, 0.5) is 0 Å². The predicted molar refractivity (Wildman–Crippen MR) is 102 cm³/mol. The van der Waals surface area contributed by atoms with Crippen molar-refractivity contribution in [1.82, 2.24) is 25.4 Å². The number of amides is 2. The zero-order valence-electron chi connectivity index (χ0n) is 15.4. The fourth-order valence-electron chi connectivity index (χ4n) is 4.00. The Morgan fingerprint density at radius 2 is 2.04 bits per heavy atom. The van der Waals surface area contributed by atoms with E-state index in [2.05, 4.69) is 20.7 Å². The maximum atomic E-state index is 12.9. The van der Waals surface area contributed by atoms with Crippen LogP contribution in [0.2, 0.25) is 0 Å². The van der Waals surface area contributed by atoms with Gasteiger partial charge in [0.1, 0.15) is 5.69 Å². The number of fused-ring (bicyclic) bond motifs is 2. The van der Waals surface area contributed by atoms with Crippen LogP contribution in [0.25, 0.3) is 10.9 Å². The predicted octanol–water partition coefficient (Wildman–Crippen LogP) is 1.15. The molecule has 1 saturated carbocycles. The third-order valence-electron chi connectivity index (χ3n) is 5.67. The van der Waals surface area contributed by atoms with Gasteiger partial charge in [-0.25, -0.2) is 0 Å². The summed E-state index contributed by atoms with van der Waals surface area (Å²) in [5, 5.41) is 11.1. The molecule has 2 atom stereocenters. The van der Waals surface area contributed by atoms with Crippen LogP contribution in [0.3, 0.4) is 0 Å². The number of ether oxygens (including phenoxy) is 1. The van der Waals surface area contributed by atoms with Gasteiger partial charge in [-0.05, 0) is 23.1 Å². The second kappa shape index (κ2) is 6.49. The molecule has 144 valence electrons. The van der Waals surface area contributed by atoms with Gasteiger partial charge in [-0.15, -0.1) is 0 Å². The fraction of sp³-hybridized carbons (Fsp3) is 0.350. The van der Waals surface area contributed by atoms with E-state index in [1.165, 1.54) is 0 Å². The van der Waals surface area contributed by atoms with E-state index in [0.717, 1.165) is 16.5 Å². The molecule has 28 heavy (non-hydrogen) atoms. The number of aromatic nitrogens is 3. The number of hydrogen-bond acceptors (Lipinski definition) is 4. The summed E-state index contributed by atoms with van der Waals surface area (Å²) in [5.74, 6) is 0.301. The Kier molecular flexibility index (Phi) is 3.94. The number of carbonyl (C=O) groups is 2. The lowest BCUT2D eigenvalue weighted by Crippen LogP contribution is -2.31. The molecule has 1 aliphatic heterocycles. The highest BCUT2D eigenvalue weighted by Crippen LogP contribution is 2.44. The number of nitrogens with one attached hydrogen (secondary N) is 3. The van der Waals surface area contributed by atoms with Crippen LogP contribution in [0, 0.1) is 11.8 Å². The van der Waals surface area contributed by atoms with E-state index in [0.29, 0.717) is 37.3 Å². The quantitative estimate of drug-likeness (QED) is 0.619. The molecule has 1 aromatic carbocycles. The molecule has 8 nitrogen and oxygen atoms in total. The summed E-state index contributed by atoms with van der Waals surface area (Å²) in [6.45, 7) is 1.80. The van der Waals surface area contributed by atoms with Crippen molar-refractivity contribution in [3.05, 3.63) is 53.5 Å². The van der Waals surface area contributed by atoms with E-state index in [9.17, 15) is 9.59 Å². The zero-order chi connectivity index (χ0) is 19.3. The number of nitrogens with zero attached hydrogens (tertiary/aromatic N) is 2. The molecule has 1 saturated heterocycles. The first kappa shape index (κ1) is 17.0. The van der Waals surface area contributed by atoms with Gasteiger partial charge in [0.05, 0.1) is 19.8 Å². The minimum atomic E-state index is -0.315. The Morgan fingerprint density at radius 3 is 2.82 bits per heavy atom. The third-order valence-corrected chi connectivity index (χ3v) is 5.67. The van der Waals surface area contributed by atoms with Crippen LogP contribution in [-0.2, 0) is 11.3 Å². The molecular formula is C20H21N5O3. The van der Waals surface area contributed by atoms with Crippen LogP contribution in [-0.4, -0.2) is 52.9 Å². The lowest BCUT2D eigenvalue weighted by Gasteiger charge is -2.10. The summed E-state index contributed by atoms with van der Waals surface area (Å²) < 4.78 is 6.98. The number of benzene rings is 1. The van der Waals surface area contributed by atoms with Gasteiger partial charge >= 0.3 is 0 Å². The van der Waals surface area contributed by atoms with Crippen molar-refractivity contribution in [2.24, 2.45) is 11.8 Å². The molecule has 2 unspecified atom stereocenters. The molecule has 2 aliphatic rings. The van der Waals surface area contributed by atoms with Crippen LogP contribution >= 0.6 is 0 Å². The first-order valence-corrected chi connectivity index (χ1v) is 9.38. The van der Waals surface area contributed by atoms with Crippen molar-refractivity contribution in [2.45, 2.75) is 12.6 Å².